The highest BCUT2D eigenvalue weighted by atomic mass is 15.5. The molecule has 1 aliphatic heterocycles. The van der Waals surface area contributed by atoms with Crippen molar-refractivity contribution in [2.45, 2.75) is 0 Å². The summed E-state index contributed by atoms with van der Waals surface area (Å²) < 4.78 is 0. The fourth-order valence-electron chi connectivity index (χ4n) is 2.34. The summed E-state index contributed by atoms with van der Waals surface area (Å²) >= 11 is 0. The summed E-state index contributed by atoms with van der Waals surface area (Å²) in [5.74, 6) is 0. The number of para-hydroxylation sites is 1. The lowest BCUT2D eigenvalue weighted by molar-refractivity contribution is -0.884. The maximum atomic E-state index is 4.59. The van der Waals surface area contributed by atoms with Gasteiger partial charge in [-0.15, -0.1) is 0 Å². The minimum atomic E-state index is 1.05. The van der Waals surface area contributed by atoms with Crippen LogP contribution >= 0.6 is 0 Å². The van der Waals surface area contributed by atoms with E-state index in [0.717, 1.165) is 18.7 Å². The SMILES string of the molecule is C[NH+]1CCN(/N=C/c2c[nH]c3ccccc23)CC1. The van der Waals surface area contributed by atoms with Crippen molar-refractivity contribution in [3.63, 3.8) is 0 Å². The van der Waals surface area contributed by atoms with E-state index in [4.69, 9.17) is 0 Å². The number of nitrogens with zero attached hydrogens (tertiary/aromatic N) is 2. The minimum absolute atomic E-state index is 1.05. The van der Waals surface area contributed by atoms with E-state index < -0.39 is 0 Å². The minimum Gasteiger partial charge on any atom is -0.361 e. The molecule has 1 aromatic carbocycles. The van der Waals surface area contributed by atoms with E-state index in [1.54, 1.807) is 4.90 Å². The first kappa shape index (κ1) is 11.3. The Morgan fingerprint density at radius 1 is 1.28 bits per heavy atom. The van der Waals surface area contributed by atoms with Crippen LogP contribution in [0.4, 0.5) is 0 Å². The zero-order valence-electron chi connectivity index (χ0n) is 10.7. The Morgan fingerprint density at radius 3 is 2.89 bits per heavy atom. The van der Waals surface area contributed by atoms with Gasteiger partial charge in [0.15, 0.2) is 0 Å². The average molecular weight is 243 g/mol. The lowest BCUT2D eigenvalue weighted by Gasteiger charge is -2.27. The molecule has 1 saturated heterocycles. The molecule has 2 N–H and O–H groups in total. The number of fused-ring (bicyclic) bond motifs is 1. The Balaban J connectivity index is 1.76. The zero-order chi connectivity index (χ0) is 12.4. The van der Waals surface area contributed by atoms with Crippen molar-refractivity contribution in [1.29, 1.82) is 0 Å². The molecule has 4 heteroatoms. The Labute approximate surface area is 107 Å². The van der Waals surface area contributed by atoms with Gasteiger partial charge in [0.25, 0.3) is 0 Å². The Kier molecular flexibility index (Phi) is 3.02. The maximum absolute atomic E-state index is 4.59. The Hall–Kier alpha value is -1.81. The van der Waals surface area contributed by atoms with Crippen molar-refractivity contribution < 1.29 is 4.90 Å². The number of hydrazone groups is 1. The highest BCUT2D eigenvalue weighted by Crippen LogP contribution is 2.15. The summed E-state index contributed by atoms with van der Waals surface area (Å²) in [5, 5.41) is 7.98. The van der Waals surface area contributed by atoms with Crippen LogP contribution in [0, 0.1) is 0 Å². The molecule has 3 rings (SSSR count). The molecular weight excluding hydrogens is 224 g/mol. The van der Waals surface area contributed by atoms with Crippen molar-refractivity contribution in [3.05, 3.63) is 36.0 Å². The molecule has 94 valence electrons. The van der Waals surface area contributed by atoms with Crippen LogP contribution < -0.4 is 4.90 Å². The fraction of sp³-hybridized carbons (Fsp3) is 0.357. The molecule has 2 heterocycles. The van der Waals surface area contributed by atoms with E-state index in [1.807, 2.05) is 18.5 Å². The molecule has 0 radical (unpaired) electrons. The third kappa shape index (κ3) is 2.24. The molecule has 2 aromatic rings. The number of hydrogen-bond acceptors (Lipinski definition) is 2. The van der Waals surface area contributed by atoms with Gasteiger partial charge in [0, 0.05) is 22.7 Å². The van der Waals surface area contributed by atoms with Crippen LogP contribution in [0.3, 0.4) is 0 Å². The Bertz CT molecular complexity index is 550. The van der Waals surface area contributed by atoms with Gasteiger partial charge in [-0.3, -0.25) is 5.01 Å². The van der Waals surface area contributed by atoms with E-state index >= 15 is 0 Å². The van der Waals surface area contributed by atoms with Gasteiger partial charge in [-0.25, -0.2) is 0 Å². The summed E-state index contributed by atoms with van der Waals surface area (Å²) in [7, 11) is 2.24. The summed E-state index contributed by atoms with van der Waals surface area (Å²) in [6.07, 6.45) is 4.00. The first-order valence-corrected chi connectivity index (χ1v) is 6.49. The van der Waals surface area contributed by atoms with Crippen molar-refractivity contribution in [3.8, 4) is 0 Å². The van der Waals surface area contributed by atoms with Crippen LogP contribution in [0.1, 0.15) is 5.56 Å². The lowest BCUT2D eigenvalue weighted by atomic mass is 10.2. The molecule has 1 aliphatic rings. The molecule has 0 spiro atoms. The predicted molar refractivity (Wildman–Crippen MR) is 74.1 cm³/mol. The predicted octanol–water partition coefficient (Wildman–Crippen LogP) is 0.332. The third-order valence-electron chi connectivity index (χ3n) is 3.57. The summed E-state index contributed by atoms with van der Waals surface area (Å²) in [6, 6.07) is 8.32. The van der Waals surface area contributed by atoms with Gasteiger partial charge in [0.05, 0.1) is 39.4 Å². The number of quaternary nitrogens is 1. The Morgan fingerprint density at radius 2 is 2.06 bits per heavy atom. The van der Waals surface area contributed by atoms with Crippen molar-refractivity contribution in [2.24, 2.45) is 5.10 Å². The monoisotopic (exact) mass is 243 g/mol. The van der Waals surface area contributed by atoms with Gasteiger partial charge >= 0.3 is 0 Å². The number of likely N-dealkylation sites (N-methyl/N-ethyl adjacent to an activating group) is 1. The molecule has 4 nitrogen and oxygen atoms in total. The van der Waals surface area contributed by atoms with E-state index in [2.05, 4.69) is 40.3 Å². The maximum Gasteiger partial charge on any atom is 0.0964 e. The van der Waals surface area contributed by atoms with Crippen LogP contribution in [0.15, 0.2) is 35.6 Å². The number of piperazine rings is 1. The zero-order valence-corrected chi connectivity index (χ0v) is 10.7. The smallest absolute Gasteiger partial charge is 0.0964 e. The number of rotatable bonds is 2. The van der Waals surface area contributed by atoms with Crippen LogP contribution in [-0.2, 0) is 0 Å². The van der Waals surface area contributed by atoms with Gasteiger partial charge in [0.2, 0.25) is 0 Å². The van der Waals surface area contributed by atoms with Gasteiger partial charge in [-0.05, 0) is 6.07 Å². The molecule has 1 fully saturated rings. The van der Waals surface area contributed by atoms with Gasteiger partial charge < -0.3 is 9.88 Å². The second-order valence-electron chi connectivity index (χ2n) is 4.94. The molecule has 0 saturated carbocycles. The van der Waals surface area contributed by atoms with Crippen LogP contribution in [0.25, 0.3) is 10.9 Å². The van der Waals surface area contributed by atoms with Crippen molar-refractivity contribution >= 4 is 17.1 Å². The summed E-state index contributed by atoms with van der Waals surface area (Å²) in [5.41, 5.74) is 2.33. The van der Waals surface area contributed by atoms with Gasteiger partial charge in [-0.2, -0.15) is 5.10 Å². The fourth-order valence-corrected chi connectivity index (χ4v) is 2.34. The van der Waals surface area contributed by atoms with E-state index in [9.17, 15) is 0 Å². The van der Waals surface area contributed by atoms with Crippen molar-refractivity contribution in [2.75, 3.05) is 33.2 Å². The van der Waals surface area contributed by atoms with E-state index in [0.29, 0.717) is 0 Å². The molecule has 0 atom stereocenters. The number of aromatic amines is 1. The van der Waals surface area contributed by atoms with E-state index in [1.165, 1.54) is 24.0 Å². The quantitative estimate of drug-likeness (QED) is 0.733. The van der Waals surface area contributed by atoms with Crippen molar-refractivity contribution in [1.82, 2.24) is 9.99 Å². The standard InChI is InChI=1S/C14H18N4/c1-17-6-8-18(9-7-17)16-11-12-10-15-14-5-3-2-4-13(12)14/h2-5,10-11,15H,6-9H2,1H3/p+1/b16-11+. The lowest BCUT2D eigenvalue weighted by Crippen LogP contribution is -3.11. The molecule has 0 aliphatic carbocycles. The normalized spacial score (nSPS) is 17.9. The molecule has 0 unspecified atom stereocenters. The molecular formula is C14H19N4+. The number of benzene rings is 1. The number of H-pyrrole nitrogens is 1. The van der Waals surface area contributed by atoms with Crippen LogP contribution in [0.2, 0.25) is 0 Å². The third-order valence-corrected chi connectivity index (χ3v) is 3.57. The first-order valence-electron chi connectivity index (χ1n) is 6.49. The molecule has 1 aromatic heterocycles. The average Bonchev–Trinajstić information content (AvgIpc) is 2.82. The van der Waals surface area contributed by atoms with Crippen LogP contribution in [-0.4, -0.2) is 49.4 Å². The number of aromatic nitrogens is 1. The van der Waals surface area contributed by atoms with Gasteiger partial charge in [-0.1, -0.05) is 18.2 Å². The van der Waals surface area contributed by atoms with E-state index in [-0.39, 0.29) is 0 Å². The second-order valence-corrected chi connectivity index (χ2v) is 4.94. The van der Waals surface area contributed by atoms with Gasteiger partial charge in [0.1, 0.15) is 0 Å². The second kappa shape index (κ2) is 4.82. The summed E-state index contributed by atoms with van der Waals surface area (Å²) in [6.45, 7) is 4.44. The first-order chi connectivity index (χ1) is 8.83. The number of nitrogens with one attached hydrogen (secondary N) is 2. The van der Waals surface area contributed by atoms with Crippen LogP contribution in [0.5, 0.6) is 0 Å². The summed E-state index contributed by atoms with van der Waals surface area (Å²) in [4.78, 5) is 4.86. The topological polar surface area (TPSA) is 35.8 Å². The largest absolute Gasteiger partial charge is 0.361 e. The highest BCUT2D eigenvalue weighted by Gasteiger charge is 2.14. The molecule has 0 bridgehead atoms. The highest BCUT2D eigenvalue weighted by molar-refractivity contribution is 5.98. The molecule has 0 amide bonds. The molecule has 18 heavy (non-hydrogen) atoms. The number of hydrogen-bond donors (Lipinski definition) is 2.